The number of rotatable bonds is 1. The van der Waals surface area contributed by atoms with Gasteiger partial charge in [-0.3, -0.25) is 14.6 Å². The summed E-state index contributed by atoms with van der Waals surface area (Å²) >= 11 is 0. The summed E-state index contributed by atoms with van der Waals surface area (Å²) in [7, 11) is 1.35. The molecule has 8 heteroatoms. The second-order valence-corrected chi connectivity index (χ2v) is 5.51. The molecule has 1 spiro atoms. The van der Waals surface area contributed by atoms with Gasteiger partial charge in [0.05, 0.1) is 32.6 Å². The molecule has 1 aromatic heterocycles. The maximum absolute atomic E-state index is 12.5. The predicted molar refractivity (Wildman–Crippen MR) is 70.9 cm³/mol. The van der Waals surface area contributed by atoms with Crippen molar-refractivity contribution in [1.82, 2.24) is 9.99 Å². The minimum atomic E-state index is -0.826. The van der Waals surface area contributed by atoms with Crippen LogP contribution in [-0.4, -0.2) is 48.2 Å². The zero-order chi connectivity index (χ0) is 14.8. The fraction of sp³-hybridized carbons (Fsp3) is 0.538. The number of carbonyl (C=O) groups is 1. The number of nitrogens with one attached hydrogen (secondary N) is 1. The molecule has 2 unspecified atom stereocenters. The Hall–Kier alpha value is -2.06. The normalized spacial score (nSPS) is 29.7. The van der Waals surface area contributed by atoms with Gasteiger partial charge in [0.2, 0.25) is 5.43 Å². The number of carbonyl (C=O) groups excluding carboxylic acids is 1. The molecule has 2 atom stereocenters. The van der Waals surface area contributed by atoms with Gasteiger partial charge in [-0.2, -0.15) is 0 Å². The molecule has 1 amide bonds. The molecule has 0 aliphatic carbocycles. The molecule has 4 heterocycles. The minimum Gasteiger partial charge on any atom is -0.491 e. The molecule has 1 fully saturated rings. The van der Waals surface area contributed by atoms with E-state index in [-0.39, 0.29) is 17.4 Å². The Balaban J connectivity index is 2.01. The number of methoxy groups -OCH3 is 1. The zero-order valence-corrected chi connectivity index (χ0v) is 11.5. The number of hydrogen-bond donors (Lipinski definition) is 2. The number of aromatic nitrogens is 1. The van der Waals surface area contributed by atoms with Gasteiger partial charge in [0.1, 0.15) is 6.10 Å². The Labute approximate surface area is 119 Å². The molecule has 0 aromatic carbocycles. The molecule has 3 aliphatic rings. The van der Waals surface area contributed by atoms with Crippen molar-refractivity contribution >= 4 is 5.91 Å². The molecule has 21 heavy (non-hydrogen) atoms. The van der Waals surface area contributed by atoms with Crippen molar-refractivity contribution in [2.24, 2.45) is 0 Å². The van der Waals surface area contributed by atoms with Crippen molar-refractivity contribution in [3.05, 3.63) is 27.7 Å². The third-order valence-corrected chi connectivity index (χ3v) is 4.36. The highest BCUT2D eigenvalue weighted by molar-refractivity contribution is 5.97. The van der Waals surface area contributed by atoms with E-state index in [1.807, 2.05) is 5.01 Å². The highest BCUT2D eigenvalue weighted by Gasteiger charge is 2.52. The van der Waals surface area contributed by atoms with E-state index in [9.17, 15) is 14.7 Å². The summed E-state index contributed by atoms with van der Waals surface area (Å²) in [5.41, 5.74) is -0.532. The van der Waals surface area contributed by atoms with Crippen LogP contribution in [0.15, 0.2) is 10.9 Å². The van der Waals surface area contributed by atoms with E-state index in [0.717, 1.165) is 0 Å². The number of hydrogen-bond acceptors (Lipinski definition) is 6. The molecule has 0 radical (unpaired) electrons. The first-order chi connectivity index (χ1) is 10.1. The lowest BCUT2D eigenvalue weighted by molar-refractivity contribution is 0.0783. The van der Waals surface area contributed by atoms with Gasteiger partial charge in [0.25, 0.3) is 5.91 Å². The van der Waals surface area contributed by atoms with E-state index in [2.05, 4.69) is 5.32 Å². The number of fused-ring (bicyclic) bond motifs is 1. The molecule has 4 rings (SSSR count). The van der Waals surface area contributed by atoms with Crippen molar-refractivity contribution in [1.29, 1.82) is 0 Å². The van der Waals surface area contributed by atoms with E-state index < -0.39 is 17.2 Å². The smallest absolute Gasteiger partial charge is 0.275 e. The zero-order valence-electron chi connectivity index (χ0n) is 11.5. The molecule has 1 saturated heterocycles. The van der Waals surface area contributed by atoms with Crippen LogP contribution in [0.4, 0.5) is 0 Å². The van der Waals surface area contributed by atoms with Gasteiger partial charge in [0.15, 0.2) is 17.1 Å². The van der Waals surface area contributed by atoms with Crippen LogP contribution in [0.25, 0.3) is 0 Å². The van der Waals surface area contributed by atoms with Crippen LogP contribution in [0, 0.1) is 0 Å². The SMILES string of the molecule is COc1c2n3c(cc1=O)C(O)CN3C1(CCOC1)NC2=O. The largest absolute Gasteiger partial charge is 0.491 e. The van der Waals surface area contributed by atoms with Crippen LogP contribution in [0.1, 0.15) is 28.7 Å². The molecule has 1 aromatic rings. The first-order valence-corrected chi connectivity index (χ1v) is 6.77. The first-order valence-electron chi connectivity index (χ1n) is 6.77. The Morgan fingerprint density at radius 3 is 3.00 bits per heavy atom. The Bertz CT molecular complexity index is 692. The molecule has 3 aliphatic heterocycles. The summed E-state index contributed by atoms with van der Waals surface area (Å²) in [4.78, 5) is 24.5. The minimum absolute atomic E-state index is 0.0101. The van der Waals surface area contributed by atoms with E-state index in [4.69, 9.17) is 9.47 Å². The lowest BCUT2D eigenvalue weighted by Crippen LogP contribution is -2.68. The van der Waals surface area contributed by atoms with Crippen LogP contribution in [0.5, 0.6) is 5.75 Å². The third kappa shape index (κ3) is 1.46. The van der Waals surface area contributed by atoms with Crippen LogP contribution in [0.3, 0.4) is 0 Å². The van der Waals surface area contributed by atoms with E-state index in [1.165, 1.54) is 13.2 Å². The Morgan fingerprint density at radius 1 is 1.52 bits per heavy atom. The Kier molecular flexibility index (Phi) is 2.40. The van der Waals surface area contributed by atoms with Crippen LogP contribution in [-0.2, 0) is 4.74 Å². The molecule has 8 nitrogen and oxygen atoms in total. The number of aliphatic hydroxyl groups excluding tert-OH is 1. The Morgan fingerprint density at radius 2 is 2.33 bits per heavy atom. The summed E-state index contributed by atoms with van der Waals surface area (Å²) in [5.74, 6) is -0.397. The lowest BCUT2D eigenvalue weighted by Gasteiger charge is -2.44. The van der Waals surface area contributed by atoms with Gasteiger partial charge in [-0.15, -0.1) is 0 Å². The van der Waals surface area contributed by atoms with Gasteiger partial charge in [-0.1, -0.05) is 0 Å². The first kappa shape index (κ1) is 12.7. The number of pyridine rings is 1. The summed E-state index contributed by atoms with van der Waals surface area (Å²) in [6, 6.07) is 1.33. The van der Waals surface area contributed by atoms with E-state index >= 15 is 0 Å². The standard InChI is InChI=1S/C13H15N3O5/c1-20-11-8(17)4-7-9(18)5-15-13(2-3-21-6-13)14-12(19)10(11)16(7)15/h4,9,18H,2-3,5-6H2,1H3,(H,14,19). The van der Waals surface area contributed by atoms with Crippen molar-refractivity contribution in [2.75, 3.05) is 31.9 Å². The topological polar surface area (TPSA) is 93.0 Å². The molecular weight excluding hydrogens is 278 g/mol. The van der Waals surface area contributed by atoms with Crippen molar-refractivity contribution in [3.63, 3.8) is 0 Å². The van der Waals surface area contributed by atoms with Crippen LogP contribution >= 0.6 is 0 Å². The quantitative estimate of drug-likeness (QED) is 0.669. The summed E-state index contributed by atoms with van der Waals surface area (Å²) < 4.78 is 12.1. The second kappa shape index (κ2) is 3.99. The van der Waals surface area contributed by atoms with Gasteiger partial charge in [-0.05, 0) is 0 Å². The van der Waals surface area contributed by atoms with Crippen LogP contribution in [0.2, 0.25) is 0 Å². The number of amides is 1. The summed E-state index contributed by atoms with van der Waals surface area (Å²) in [6.45, 7) is 1.18. The molecule has 0 saturated carbocycles. The fourth-order valence-corrected chi connectivity index (χ4v) is 3.39. The number of aliphatic hydroxyl groups is 1. The van der Waals surface area contributed by atoms with Crippen molar-refractivity contribution in [2.45, 2.75) is 18.2 Å². The average molecular weight is 293 g/mol. The summed E-state index contributed by atoms with van der Waals surface area (Å²) in [6.07, 6.45) is -0.203. The highest BCUT2D eigenvalue weighted by Crippen LogP contribution is 2.36. The fourth-order valence-electron chi connectivity index (χ4n) is 3.39. The number of ether oxygens (including phenoxy) is 2. The van der Waals surface area contributed by atoms with Gasteiger partial charge < -0.3 is 19.9 Å². The van der Waals surface area contributed by atoms with Crippen molar-refractivity contribution < 1.29 is 19.4 Å². The van der Waals surface area contributed by atoms with Gasteiger partial charge >= 0.3 is 0 Å². The van der Waals surface area contributed by atoms with Crippen LogP contribution < -0.4 is 20.5 Å². The van der Waals surface area contributed by atoms with Gasteiger partial charge in [0, 0.05) is 12.5 Å². The number of nitrogens with zero attached hydrogens (tertiary/aromatic N) is 2. The lowest BCUT2D eigenvalue weighted by atomic mass is 10.1. The molecular formula is C13H15N3O5. The third-order valence-electron chi connectivity index (χ3n) is 4.36. The van der Waals surface area contributed by atoms with Crippen molar-refractivity contribution in [3.8, 4) is 5.75 Å². The molecule has 2 N–H and O–H groups in total. The van der Waals surface area contributed by atoms with E-state index in [0.29, 0.717) is 31.9 Å². The monoisotopic (exact) mass is 293 g/mol. The van der Waals surface area contributed by atoms with Gasteiger partial charge in [-0.25, -0.2) is 4.68 Å². The molecule has 0 bridgehead atoms. The predicted octanol–water partition coefficient (Wildman–Crippen LogP) is -1.30. The maximum Gasteiger partial charge on any atom is 0.275 e. The highest BCUT2D eigenvalue weighted by atomic mass is 16.5. The molecule has 112 valence electrons. The van der Waals surface area contributed by atoms with E-state index in [1.54, 1.807) is 4.68 Å². The maximum atomic E-state index is 12.5. The average Bonchev–Trinajstić information content (AvgIpc) is 3.03. The second-order valence-electron chi connectivity index (χ2n) is 5.51. The summed E-state index contributed by atoms with van der Waals surface area (Å²) in [5, 5.41) is 15.0.